The van der Waals surface area contributed by atoms with Gasteiger partial charge in [0, 0.05) is 6.54 Å². The summed E-state index contributed by atoms with van der Waals surface area (Å²) in [7, 11) is 0. The van der Waals surface area contributed by atoms with Crippen LogP contribution in [0, 0.1) is 0 Å². The molecule has 2 fully saturated rings. The van der Waals surface area contributed by atoms with E-state index in [1.807, 2.05) is 30.3 Å². The van der Waals surface area contributed by atoms with E-state index in [1.54, 1.807) is 4.90 Å². The summed E-state index contributed by atoms with van der Waals surface area (Å²) in [6, 6.07) is 9.25. The van der Waals surface area contributed by atoms with Crippen molar-refractivity contribution in [2.45, 2.75) is 18.9 Å². The minimum Gasteiger partial charge on any atom is -0.314 e. The van der Waals surface area contributed by atoms with Gasteiger partial charge in [-0.05, 0) is 5.56 Å². The molecule has 2 aliphatic rings. The standard InChI is InChI=1S/C11H12N4O2/c16-10-12-8-9(14-10)15(11(17)13-8)6-7-4-2-1-3-5-7/h1-5,8-9H,6H2,(H,13,17)(H2,12,14,16)/t8-,9-/m1/s1. The SMILES string of the molecule is O=C1N[C@@H]2NC(=O)N(Cc3ccccc3)[C@H]2N1. The molecule has 6 heteroatoms. The second-order valence-corrected chi connectivity index (χ2v) is 4.10. The number of amides is 4. The highest BCUT2D eigenvalue weighted by Crippen LogP contribution is 2.17. The number of benzene rings is 1. The molecule has 2 saturated heterocycles. The first kappa shape index (κ1) is 9.95. The van der Waals surface area contributed by atoms with Crippen LogP contribution in [0.3, 0.4) is 0 Å². The zero-order valence-corrected chi connectivity index (χ0v) is 9.01. The van der Waals surface area contributed by atoms with Crippen molar-refractivity contribution < 1.29 is 9.59 Å². The zero-order valence-electron chi connectivity index (χ0n) is 9.01. The van der Waals surface area contributed by atoms with Gasteiger partial charge in [0.25, 0.3) is 0 Å². The molecule has 3 rings (SSSR count). The third-order valence-corrected chi connectivity index (χ3v) is 2.95. The number of fused-ring (bicyclic) bond motifs is 1. The van der Waals surface area contributed by atoms with Gasteiger partial charge in [-0.2, -0.15) is 0 Å². The molecule has 0 radical (unpaired) electrons. The van der Waals surface area contributed by atoms with Crippen LogP contribution in [0.1, 0.15) is 5.56 Å². The Morgan fingerprint density at radius 2 is 1.82 bits per heavy atom. The third kappa shape index (κ3) is 1.67. The summed E-state index contributed by atoms with van der Waals surface area (Å²) in [5, 5.41) is 8.06. The Morgan fingerprint density at radius 3 is 2.59 bits per heavy atom. The molecule has 0 bridgehead atoms. The van der Waals surface area contributed by atoms with Crippen LogP contribution < -0.4 is 16.0 Å². The summed E-state index contributed by atoms with van der Waals surface area (Å²) in [5.41, 5.74) is 1.03. The van der Waals surface area contributed by atoms with Crippen molar-refractivity contribution in [3.8, 4) is 0 Å². The Kier molecular flexibility index (Phi) is 2.14. The molecule has 2 aliphatic heterocycles. The highest BCUT2D eigenvalue weighted by atomic mass is 16.2. The Bertz CT molecular complexity index is 462. The first-order chi connectivity index (χ1) is 8.24. The lowest BCUT2D eigenvalue weighted by Crippen LogP contribution is -2.42. The first-order valence-corrected chi connectivity index (χ1v) is 5.42. The van der Waals surface area contributed by atoms with E-state index in [9.17, 15) is 9.59 Å². The molecule has 6 nitrogen and oxygen atoms in total. The van der Waals surface area contributed by atoms with Crippen LogP contribution in [0.25, 0.3) is 0 Å². The molecule has 0 aliphatic carbocycles. The average molecular weight is 232 g/mol. The lowest BCUT2D eigenvalue weighted by atomic mass is 10.2. The number of carbonyl (C=O) groups is 2. The Balaban J connectivity index is 1.78. The number of hydrogen-bond donors (Lipinski definition) is 3. The largest absolute Gasteiger partial charge is 0.321 e. The number of urea groups is 2. The van der Waals surface area contributed by atoms with Crippen LogP contribution in [0.15, 0.2) is 30.3 Å². The molecule has 2 heterocycles. The van der Waals surface area contributed by atoms with Crippen LogP contribution in [-0.4, -0.2) is 29.3 Å². The summed E-state index contributed by atoms with van der Waals surface area (Å²) in [4.78, 5) is 24.5. The highest BCUT2D eigenvalue weighted by Gasteiger charge is 2.45. The smallest absolute Gasteiger partial charge is 0.314 e. The molecule has 2 atom stereocenters. The van der Waals surface area contributed by atoms with Gasteiger partial charge in [0.2, 0.25) is 0 Å². The molecule has 17 heavy (non-hydrogen) atoms. The van der Waals surface area contributed by atoms with E-state index in [-0.39, 0.29) is 24.4 Å². The summed E-state index contributed by atoms with van der Waals surface area (Å²) in [5.74, 6) is 0. The molecule has 0 aromatic heterocycles. The van der Waals surface area contributed by atoms with E-state index < -0.39 is 0 Å². The van der Waals surface area contributed by atoms with Gasteiger partial charge in [-0.1, -0.05) is 30.3 Å². The highest BCUT2D eigenvalue weighted by molar-refractivity contribution is 5.84. The number of carbonyl (C=O) groups excluding carboxylic acids is 2. The minimum atomic E-state index is -0.335. The number of hydrogen-bond acceptors (Lipinski definition) is 2. The molecule has 4 amide bonds. The van der Waals surface area contributed by atoms with Crippen molar-refractivity contribution in [1.29, 1.82) is 0 Å². The molecule has 88 valence electrons. The van der Waals surface area contributed by atoms with E-state index in [0.717, 1.165) is 5.56 Å². The topological polar surface area (TPSA) is 73.5 Å². The Hall–Kier alpha value is -2.24. The Morgan fingerprint density at radius 1 is 1.06 bits per heavy atom. The number of nitrogens with one attached hydrogen (secondary N) is 3. The average Bonchev–Trinajstić information content (AvgIpc) is 2.79. The first-order valence-electron chi connectivity index (χ1n) is 5.42. The van der Waals surface area contributed by atoms with Gasteiger partial charge >= 0.3 is 12.1 Å². The van der Waals surface area contributed by atoms with Gasteiger partial charge in [0.05, 0.1) is 0 Å². The predicted molar refractivity (Wildman–Crippen MR) is 59.8 cm³/mol. The lowest BCUT2D eigenvalue weighted by Gasteiger charge is -2.21. The van der Waals surface area contributed by atoms with E-state index in [4.69, 9.17) is 0 Å². The van der Waals surface area contributed by atoms with Crippen LogP contribution >= 0.6 is 0 Å². The van der Waals surface area contributed by atoms with E-state index in [1.165, 1.54) is 0 Å². The molecular weight excluding hydrogens is 220 g/mol. The molecule has 1 aromatic carbocycles. The third-order valence-electron chi connectivity index (χ3n) is 2.95. The maximum Gasteiger partial charge on any atom is 0.321 e. The Labute approximate surface area is 98.0 Å². The van der Waals surface area contributed by atoms with Crippen molar-refractivity contribution in [1.82, 2.24) is 20.9 Å². The normalized spacial score (nSPS) is 26.2. The van der Waals surface area contributed by atoms with Gasteiger partial charge in [0.15, 0.2) is 0 Å². The lowest BCUT2D eigenvalue weighted by molar-refractivity contribution is 0.192. The second-order valence-electron chi connectivity index (χ2n) is 4.10. The van der Waals surface area contributed by atoms with Crippen LogP contribution in [0.2, 0.25) is 0 Å². The summed E-state index contributed by atoms with van der Waals surface area (Å²) < 4.78 is 0. The number of nitrogens with zero attached hydrogens (tertiary/aromatic N) is 1. The molecule has 0 saturated carbocycles. The van der Waals surface area contributed by atoms with Gasteiger partial charge in [-0.3, -0.25) is 4.90 Å². The van der Waals surface area contributed by atoms with Gasteiger partial charge in [0.1, 0.15) is 12.3 Å². The fraction of sp³-hybridized carbons (Fsp3) is 0.273. The van der Waals surface area contributed by atoms with Gasteiger partial charge in [-0.25, -0.2) is 9.59 Å². The van der Waals surface area contributed by atoms with Crippen LogP contribution in [0.4, 0.5) is 9.59 Å². The zero-order chi connectivity index (χ0) is 11.8. The quantitative estimate of drug-likeness (QED) is 0.680. The van der Waals surface area contributed by atoms with Crippen LogP contribution in [-0.2, 0) is 6.54 Å². The van der Waals surface area contributed by atoms with E-state index in [0.29, 0.717) is 6.54 Å². The molecule has 0 spiro atoms. The monoisotopic (exact) mass is 232 g/mol. The predicted octanol–water partition coefficient (Wildman–Crippen LogP) is 0.177. The molecule has 3 N–H and O–H groups in total. The fourth-order valence-electron chi connectivity index (χ4n) is 2.14. The van der Waals surface area contributed by atoms with Gasteiger partial charge < -0.3 is 16.0 Å². The van der Waals surface area contributed by atoms with Crippen LogP contribution in [0.5, 0.6) is 0 Å². The number of rotatable bonds is 2. The summed E-state index contributed by atoms with van der Waals surface area (Å²) >= 11 is 0. The maximum atomic E-state index is 11.7. The van der Waals surface area contributed by atoms with Crippen molar-refractivity contribution in [3.63, 3.8) is 0 Å². The van der Waals surface area contributed by atoms with Crippen molar-refractivity contribution in [2.75, 3.05) is 0 Å². The molecule has 0 unspecified atom stereocenters. The maximum absolute atomic E-state index is 11.7. The van der Waals surface area contributed by atoms with Gasteiger partial charge in [-0.15, -0.1) is 0 Å². The van der Waals surface area contributed by atoms with Crippen molar-refractivity contribution in [2.24, 2.45) is 0 Å². The summed E-state index contributed by atoms with van der Waals surface area (Å²) in [6.07, 6.45) is -0.645. The van der Waals surface area contributed by atoms with Crippen molar-refractivity contribution >= 4 is 12.1 Å². The van der Waals surface area contributed by atoms with Crippen molar-refractivity contribution in [3.05, 3.63) is 35.9 Å². The molecule has 1 aromatic rings. The van der Waals surface area contributed by atoms with E-state index >= 15 is 0 Å². The summed E-state index contributed by atoms with van der Waals surface area (Å²) in [6.45, 7) is 0.482. The minimum absolute atomic E-state index is 0.170. The molecular formula is C11H12N4O2. The second kappa shape index (κ2) is 3.65. The fourth-order valence-corrected chi connectivity index (χ4v) is 2.14. The van der Waals surface area contributed by atoms with E-state index in [2.05, 4.69) is 16.0 Å².